The van der Waals surface area contributed by atoms with Gasteiger partial charge in [0.1, 0.15) is 0 Å². The molecule has 0 aliphatic heterocycles. The Kier molecular flexibility index (Phi) is 3.80. The molecule has 0 fully saturated rings. The van der Waals surface area contributed by atoms with Gasteiger partial charge < -0.3 is 0 Å². The van der Waals surface area contributed by atoms with Crippen molar-refractivity contribution in [1.29, 1.82) is 0 Å². The minimum atomic E-state index is -0.506. The maximum Gasteiger partial charge on any atom is 0.0603 e. The van der Waals surface area contributed by atoms with Crippen LogP contribution in [0.5, 0.6) is 0 Å². The third kappa shape index (κ3) is 2.34. The molecule has 0 unspecified atom stereocenters. The van der Waals surface area contributed by atoms with Crippen LogP contribution in [0.3, 0.4) is 0 Å². The van der Waals surface area contributed by atoms with E-state index in [1.54, 1.807) is 5.57 Å². The molecule has 0 aromatic heterocycles. The lowest BCUT2D eigenvalue weighted by atomic mass is 10.1. The van der Waals surface area contributed by atoms with Gasteiger partial charge in [0.2, 0.25) is 0 Å². The van der Waals surface area contributed by atoms with Gasteiger partial charge in [-0.25, -0.2) is 0 Å². The molecule has 68 valence electrons. The maximum absolute atomic E-state index is 2.44. The van der Waals surface area contributed by atoms with Gasteiger partial charge in [0.05, 0.1) is 8.80 Å². The van der Waals surface area contributed by atoms with E-state index < -0.39 is 8.80 Å². The van der Waals surface area contributed by atoms with Crippen molar-refractivity contribution in [2.75, 3.05) is 0 Å². The van der Waals surface area contributed by atoms with E-state index in [1.807, 2.05) is 5.20 Å². The fourth-order valence-corrected chi connectivity index (χ4v) is 3.37. The summed E-state index contributed by atoms with van der Waals surface area (Å²) in [7, 11) is -0.506. The fraction of sp³-hybridized carbons (Fsp3) is 0.636. The molecule has 1 aliphatic rings. The van der Waals surface area contributed by atoms with Crippen LogP contribution in [0, 0.1) is 0 Å². The molecule has 1 heteroatoms. The Morgan fingerprint density at radius 2 is 2.17 bits per heavy atom. The molecule has 0 aromatic carbocycles. The highest BCUT2D eigenvalue weighted by atomic mass is 28.3. The van der Waals surface area contributed by atoms with Crippen LogP contribution < -0.4 is 0 Å². The lowest BCUT2D eigenvalue weighted by molar-refractivity contribution is 0.797. The zero-order valence-corrected chi connectivity index (χ0v) is 9.72. The van der Waals surface area contributed by atoms with Gasteiger partial charge in [0, 0.05) is 0 Å². The van der Waals surface area contributed by atoms with Gasteiger partial charge >= 0.3 is 0 Å². The minimum absolute atomic E-state index is 0.506. The molecule has 1 rings (SSSR count). The van der Waals surface area contributed by atoms with Crippen LogP contribution >= 0.6 is 0 Å². The molecule has 0 spiro atoms. The molecule has 0 bridgehead atoms. The summed E-state index contributed by atoms with van der Waals surface area (Å²) in [6.07, 6.45) is 9.98. The monoisotopic (exact) mass is 180 g/mol. The Labute approximate surface area is 78.0 Å². The Hall–Kier alpha value is -0.303. The average Bonchev–Trinajstić information content (AvgIpc) is 2.48. The van der Waals surface area contributed by atoms with Gasteiger partial charge in [-0.2, -0.15) is 0 Å². The summed E-state index contributed by atoms with van der Waals surface area (Å²) in [5.41, 5.74) is 1.68. The second-order valence-electron chi connectivity index (χ2n) is 3.92. The van der Waals surface area contributed by atoms with E-state index in [0.29, 0.717) is 0 Å². The van der Waals surface area contributed by atoms with Crippen molar-refractivity contribution in [1.82, 2.24) is 0 Å². The molecule has 0 saturated carbocycles. The average molecular weight is 180 g/mol. The molecular formula is C11H20Si. The highest BCUT2D eigenvalue weighted by Crippen LogP contribution is 2.25. The molecule has 0 amide bonds. The van der Waals surface area contributed by atoms with Gasteiger partial charge in [-0.15, -0.1) is 0 Å². The number of unbranched alkanes of at least 4 members (excludes halogenated alkanes) is 1. The largest absolute Gasteiger partial charge is 0.0806 e. The molecule has 0 N–H and O–H groups in total. The highest BCUT2D eigenvalue weighted by molar-refractivity contribution is 6.64. The third-order valence-electron chi connectivity index (χ3n) is 2.57. The van der Waals surface area contributed by atoms with Crippen LogP contribution in [-0.4, -0.2) is 8.80 Å². The Bertz CT molecular complexity index is 199. The zero-order valence-electron chi connectivity index (χ0n) is 8.56. The molecule has 0 aromatic rings. The first kappa shape index (κ1) is 9.78. The van der Waals surface area contributed by atoms with Crippen LogP contribution in [0.1, 0.15) is 32.6 Å². The summed E-state index contributed by atoms with van der Waals surface area (Å²) < 4.78 is 0. The predicted molar refractivity (Wildman–Crippen MR) is 59.2 cm³/mol. The summed E-state index contributed by atoms with van der Waals surface area (Å²) in [4.78, 5) is 0. The Balaban J connectivity index is 2.56. The van der Waals surface area contributed by atoms with Crippen molar-refractivity contribution in [2.24, 2.45) is 0 Å². The standard InChI is InChI=1S/C11H20Si/c1-4-5-7-10-8-6-9-11(10)12(2)3/h6,8,12H,4-5,7,9H2,1-3H3. The third-order valence-corrected chi connectivity index (χ3v) is 4.57. The van der Waals surface area contributed by atoms with E-state index in [2.05, 4.69) is 32.2 Å². The predicted octanol–water partition coefficient (Wildman–Crippen LogP) is 3.46. The molecule has 0 saturated heterocycles. The molecule has 0 atom stereocenters. The molecule has 0 nitrogen and oxygen atoms in total. The SMILES string of the molecule is CCCCC1=C([SiH](C)C)CC=C1. The topological polar surface area (TPSA) is 0 Å². The van der Waals surface area contributed by atoms with Crippen molar-refractivity contribution in [2.45, 2.75) is 45.7 Å². The van der Waals surface area contributed by atoms with E-state index in [0.717, 1.165) is 0 Å². The fourth-order valence-electron chi connectivity index (χ4n) is 1.78. The number of hydrogen-bond donors (Lipinski definition) is 0. The smallest absolute Gasteiger partial charge is 0.0603 e. The van der Waals surface area contributed by atoms with E-state index in [-0.39, 0.29) is 0 Å². The first-order chi connectivity index (χ1) is 5.75. The van der Waals surface area contributed by atoms with Crippen LogP contribution in [0.2, 0.25) is 13.1 Å². The van der Waals surface area contributed by atoms with Crippen LogP contribution in [-0.2, 0) is 0 Å². The summed E-state index contributed by atoms with van der Waals surface area (Å²) in [6.45, 7) is 7.15. The van der Waals surface area contributed by atoms with E-state index in [4.69, 9.17) is 0 Å². The lowest BCUT2D eigenvalue weighted by Gasteiger charge is -2.08. The second kappa shape index (κ2) is 4.66. The van der Waals surface area contributed by atoms with Crippen molar-refractivity contribution >= 4 is 8.80 Å². The summed E-state index contributed by atoms with van der Waals surface area (Å²) >= 11 is 0. The molecular weight excluding hydrogens is 160 g/mol. The normalized spacial score (nSPS) is 16.7. The highest BCUT2D eigenvalue weighted by Gasteiger charge is 2.11. The number of allylic oxidation sites excluding steroid dienone is 4. The van der Waals surface area contributed by atoms with E-state index >= 15 is 0 Å². The van der Waals surface area contributed by atoms with Crippen molar-refractivity contribution in [3.8, 4) is 0 Å². The van der Waals surface area contributed by atoms with Crippen molar-refractivity contribution in [3.05, 3.63) is 22.9 Å². The van der Waals surface area contributed by atoms with Gasteiger partial charge in [0.15, 0.2) is 0 Å². The van der Waals surface area contributed by atoms with Crippen LogP contribution in [0.4, 0.5) is 0 Å². The van der Waals surface area contributed by atoms with Crippen molar-refractivity contribution < 1.29 is 0 Å². The lowest BCUT2D eigenvalue weighted by Crippen LogP contribution is -2.05. The zero-order chi connectivity index (χ0) is 8.97. The summed E-state index contributed by atoms with van der Waals surface area (Å²) in [5, 5.41) is 1.81. The summed E-state index contributed by atoms with van der Waals surface area (Å²) in [5.74, 6) is 0. The van der Waals surface area contributed by atoms with Crippen LogP contribution in [0.25, 0.3) is 0 Å². The van der Waals surface area contributed by atoms with Gasteiger partial charge in [-0.1, -0.05) is 49.4 Å². The number of hydrogen-bond acceptors (Lipinski definition) is 0. The van der Waals surface area contributed by atoms with Crippen LogP contribution in [0.15, 0.2) is 22.9 Å². The molecule has 1 aliphatic carbocycles. The van der Waals surface area contributed by atoms with Gasteiger partial charge in [-0.05, 0) is 19.3 Å². The Morgan fingerprint density at radius 3 is 2.75 bits per heavy atom. The number of rotatable bonds is 4. The van der Waals surface area contributed by atoms with Gasteiger partial charge in [-0.3, -0.25) is 0 Å². The molecule has 0 radical (unpaired) electrons. The maximum atomic E-state index is 2.44. The van der Waals surface area contributed by atoms with Crippen molar-refractivity contribution in [3.63, 3.8) is 0 Å². The Morgan fingerprint density at radius 1 is 1.42 bits per heavy atom. The molecule has 12 heavy (non-hydrogen) atoms. The molecule has 0 heterocycles. The quantitative estimate of drug-likeness (QED) is 0.581. The first-order valence-electron chi connectivity index (χ1n) is 5.14. The second-order valence-corrected chi connectivity index (χ2v) is 6.92. The van der Waals surface area contributed by atoms with E-state index in [9.17, 15) is 0 Å². The first-order valence-corrected chi connectivity index (χ1v) is 8.02. The van der Waals surface area contributed by atoms with E-state index in [1.165, 1.54) is 25.7 Å². The van der Waals surface area contributed by atoms with Gasteiger partial charge in [0.25, 0.3) is 0 Å². The minimum Gasteiger partial charge on any atom is -0.0806 e. The summed E-state index contributed by atoms with van der Waals surface area (Å²) in [6, 6.07) is 0.